The predicted molar refractivity (Wildman–Crippen MR) is 92.0 cm³/mol. The first-order valence-electron chi connectivity index (χ1n) is 8.33. The second kappa shape index (κ2) is 8.77. The third-order valence-corrected chi connectivity index (χ3v) is 4.87. The summed E-state index contributed by atoms with van der Waals surface area (Å²) in [6.45, 7) is 7.26. The van der Waals surface area contributed by atoms with Crippen LogP contribution in [0.5, 0.6) is 0 Å². The topological polar surface area (TPSA) is 52.6 Å². The Morgan fingerprint density at radius 1 is 1.32 bits per heavy atom. The van der Waals surface area contributed by atoms with Crippen LogP contribution in [0.25, 0.3) is 0 Å². The van der Waals surface area contributed by atoms with Gasteiger partial charge in [-0.25, -0.2) is 8.93 Å². The largest absolute Gasteiger partial charge is 0.300 e. The summed E-state index contributed by atoms with van der Waals surface area (Å²) in [7, 11) is 0. The highest BCUT2D eigenvalue weighted by Crippen LogP contribution is 2.27. The van der Waals surface area contributed by atoms with Crippen LogP contribution in [0.1, 0.15) is 49.8 Å². The smallest absolute Gasteiger partial charge is 0.232 e. The summed E-state index contributed by atoms with van der Waals surface area (Å²) in [6, 6.07) is 6.94. The highest BCUT2D eigenvalue weighted by Gasteiger charge is 2.24. The molecule has 0 aliphatic heterocycles. The number of fused-ring (bicyclic) bond motifs is 1. The summed E-state index contributed by atoms with van der Waals surface area (Å²) in [5, 5.41) is 0. The van der Waals surface area contributed by atoms with Gasteiger partial charge in [0, 0.05) is 12.6 Å². The predicted octanol–water partition coefficient (Wildman–Crippen LogP) is 2.89. The van der Waals surface area contributed by atoms with Crippen molar-refractivity contribution in [3.05, 3.63) is 34.9 Å². The second-order valence-corrected chi connectivity index (χ2v) is 6.84. The number of hydrogen-bond donors (Lipinski definition) is 2. The minimum atomic E-state index is -1.95. The zero-order chi connectivity index (χ0) is 15.9. The molecular weight excluding hydrogens is 296 g/mol. The number of benzene rings is 1. The summed E-state index contributed by atoms with van der Waals surface area (Å²) in [5.41, 5.74) is 3.96. The fourth-order valence-electron chi connectivity index (χ4n) is 3.51. The standard InChI is InChI=1S/C17H28N2O2S/c1-3-10-19(11-4-2)16-9-8-14-6-5-7-15(17(14)12-16)13-18-22(20)21/h5-7,16,18H,3-4,8-13H2,1-2H3,(H,20,21). The molecule has 5 heteroatoms. The van der Waals surface area contributed by atoms with E-state index in [0.717, 1.165) is 31.5 Å². The first kappa shape index (κ1) is 17.6. The molecule has 0 aromatic heterocycles. The van der Waals surface area contributed by atoms with Crippen LogP contribution < -0.4 is 4.72 Å². The van der Waals surface area contributed by atoms with E-state index in [9.17, 15) is 4.21 Å². The maximum Gasteiger partial charge on any atom is 0.232 e. The molecule has 0 bridgehead atoms. The van der Waals surface area contributed by atoms with Gasteiger partial charge < -0.3 is 4.90 Å². The van der Waals surface area contributed by atoms with Crippen molar-refractivity contribution in [3.63, 3.8) is 0 Å². The Hall–Kier alpha value is -0.750. The van der Waals surface area contributed by atoms with Gasteiger partial charge in [-0.3, -0.25) is 4.55 Å². The van der Waals surface area contributed by atoms with Crippen LogP contribution in [0.15, 0.2) is 18.2 Å². The summed E-state index contributed by atoms with van der Waals surface area (Å²) in [4.78, 5) is 2.62. The minimum Gasteiger partial charge on any atom is -0.300 e. The highest BCUT2D eigenvalue weighted by atomic mass is 32.2. The SMILES string of the molecule is CCCN(CCC)C1CCc2cccc(CNS(=O)O)c2C1. The fraction of sp³-hybridized carbons (Fsp3) is 0.647. The first-order valence-corrected chi connectivity index (χ1v) is 9.44. The van der Waals surface area contributed by atoms with E-state index >= 15 is 0 Å². The number of hydrogen-bond acceptors (Lipinski definition) is 2. The van der Waals surface area contributed by atoms with Crippen LogP contribution >= 0.6 is 0 Å². The van der Waals surface area contributed by atoms with Crippen LogP contribution in [-0.4, -0.2) is 32.8 Å². The van der Waals surface area contributed by atoms with Gasteiger partial charge in [0.1, 0.15) is 0 Å². The Morgan fingerprint density at radius 3 is 2.68 bits per heavy atom. The van der Waals surface area contributed by atoms with Gasteiger partial charge in [0.2, 0.25) is 11.3 Å². The van der Waals surface area contributed by atoms with Crippen molar-refractivity contribution in [2.45, 2.75) is 58.5 Å². The lowest BCUT2D eigenvalue weighted by molar-refractivity contribution is 0.179. The second-order valence-electron chi connectivity index (χ2n) is 6.06. The van der Waals surface area contributed by atoms with E-state index in [0.29, 0.717) is 12.6 Å². The Morgan fingerprint density at radius 2 is 2.05 bits per heavy atom. The van der Waals surface area contributed by atoms with Gasteiger partial charge in [-0.15, -0.1) is 0 Å². The molecule has 2 unspecified atom stereocenters. The van der Waals surface area contributed by atoms with Crippen LogP contribution in [0.4, 0.5) is 0 Å². The molecule has 4 nitrogen and oxygen atoms in total. The van der Waals surface area contributed by atoms with Gasteiger partial charge in [0.15, 0.2) is 0 Å². The quantitative estimate of drug-likeness (QED) is 0.723. The third kappa shape index (κ3) is 4.62. The molecule has 1 aromatic carbocycles. The summed E-state index contributed by atoms with van der Waals surface area (Å²) >= 11 is -1.95. The number of aryl methyl sites for hydroxylation is 1. The van der Waals surface area contributed by atoms with Crippen LogP contribution in [0.3, 0.4) is 0 Å². The van der Waals surface area contributed by atoms with Crippen LogP contribution in [-0.2, 0) is 30.7 Å². The molecule has 1 aliphatic carbocycles. The number of nitrogens with one attached hydrogen (secondary N) is 1. The molecule has 0 amide bonds. The van der Waals surface area contributed by atoms with Gasteiger partial charge in [-0.2, -0.15) is 0 Å². The van der Waals surface area contributed by atoms with Crippen molar-refractivity contribution < 1.29 is 8.76 Å². The average Bonchev–Trinajstić information content (AvgIpc) is 2.52. The number of nitrogens with zero attached hydrogens (tertiary/aromatic N) is 1. The lowest BCUT2D eigenvalue weighted by Crippen LogP contribution is -2.40. The maximum atomic E-state index is 10.9. The molecule has 2 rings (SSSR count). The summed E-state index contributed by atoms with van der Waals surface area (Å²) in [6.07, 6.45) is 5.77. The molecule has 124 valence electrons. The molecule has 22 heavy (non-hydrogen) atoms. The summed E-state index contributed by atoms with van der Waals surface area (Å²) < 4.78 is 22.4. The molecule has 1 aromatic rings. The van der Waals surface area contributed by atoms with E-state index in [1.165, 1.54) is 30.4 Å². The van der Waals surface area contributed by atoms with E-state index in [1.807, 2.05) is 0 Å². The lowest BCUT2D eigenvalue weighted by atomic mass is 9.84. The van der Waals surface area contributed by atoms with Gasteiger partial charge in [0.05, 0.1) is 0 Å². The van der Waals surface area contributed by atoms with E-state index in [1.54, 1.807) is 0 Å². The summed E-state index contributed by atoms with van der Waals surface area (Å²) in [5.74, 6) is 0. The average molecular weight is 324 g/mol. The van der Waals surface area contributed by atoms with Crippen LogP contribution in [0, 0.1) is 0 Å². The van der Waals surface area contributed by atoms with Crippen molar-refractivity contribution in [1.29, 1.82) is 0 Å². The molecule has 2 atom stereocenters. The van der Waals surface area contributed by atoms with Crippen molar-refractivity contribution in [3.8, 4) is 0 Å². The normalized spacial score (nSPS) is 19.2. The highest BCUT2D eigenvalue weighted by molar-refractivity contribution is 7.77. The Labute approximate surface area is 136 Å². The molecular formula is C17H28N2O2S. The van der Waals surface area contributed by atoms with Crippen molar-refractivity contribution in [2.75, 3.05) is 13.1 Å². The number of rotatable bonds is 8. The molecule has 0 fully saturated rings. The van der Waals surface area contributed by atoms with Crippen molar-refractivity contribution >= 4 is 11.3 Å². The Kier molecular flexibility index (Phi) is 7.02. The lowest BCUT2D eigenvalue weighted by Gasteiger charge is -2.35. The maximum absolute atomic E-state index is 10.9. The zero-order valence-electron chi connectivity index (χ0n) is 13.7. The molecule has 0 heterocycles. The van der Waals surface area contributed by atoms with Crippen LogP contribution in [0.2, 0.25) is 0 Å². The minimum absolute atomic E-state index is 0.459. The van der Waals surface area contributed by atoms with Gasteiger partial charge in [0.25, 0.3) is 0 Å². The van der Waals surface area contributed by atoms with E-state index in [4.69, 9.17) is 4.55 Å². The van der Waals surface area contributed by atoms with Gasteiger partial charge >= 0.3 is 0 Å². The van der Waals surface area contributed by atoms with Gasteiger partial charge in [-0.05, 0) is 61.9 Å². The molecule has 0 spiro atoms. The van der Waals surface area contributed by atoms with E-state index in [-0.39, 0.29) is 0 Å². The van der Waals surface area contributed by atoms with Gasteiger partial charge in [-0.1, -0.05) is 32.0 Å². The van der Waals surface area contributed by atoms with E-state index < -0.39 is 11.3 Å². The molecule has 2 N–H and O–H groups in total. The van der Waals surface area contributed by atoms with Crippen molar-refractivity contribution in [2.24, 2.45) is 0 Å². The molecule has 1 aliphatic rings. The van der Waals surface area contributed by atoms with Crippen molar-refractivity contribution in [1.82, 2.24) is 9.62 Å². The molecule has 0 saturated carbocycles. The monoisotopic (exact) mass is 324 g/mol. The Balaban J connectivity index is 2.14. The fourth-order valence-corrected chi connectivity index (χ4v) is 3.79. The molecule has 0 saturated heterocycles. The first-order chi connectivity index (χ1) is 10.7. The van der Waals surface area contributed by atoms with E-state index in [2.05, 4.69) is 41.7 Å². The zero-order valence-corrected chi connectivity index (χ0v) is 14.5. The molecule has 0 radical (unpaired) electrons. The third-order valence-electron chi connectivity index (χ3n) is 4.48. The Bertz CT molecular complexity index is 501.